The Kier molecular flexibility index (Phi) is 10.5. The fourth-order valence-corrected chi connectivity index (χ4v) is 3.69. The third-order valence-electron chi connectivity index (χ3n) is 4.80. The molecule has 5 unspecified atom stereocenters. The van der Waals surface area contributed by atoms with Gasteiger partial charge in [0.05, 0.1) is 0 Å². The van der Waals surface area contributed by atoms with Gasteiger partial charge in [-0.05, 0) is 30.7 Å². The number of rotatable bonds is 9. The summed E-state index contributed by atoms with van der Waals surface area (Å²) < 4.78 is 32.2. The Balaban J connectivity index is 2.29. The van der Waals surface area contributed by atoms with E-state index >= 15 is 0 Å². The standard InChI is InChI=1S/C23H28ClNO11/c1-11-8-16(24)6-7-17(11)32-10-19(30)36-23-20(25-12(2)26)22(34-15(5)29)21(33-14(4)28)18(35-23)9-31-13(3)27/h6-8,18,20-23H,9-10H2,1-5H3,(H,25,26). The largest absolute Gasteiger partial charge is 0.482 e. The molecule has 0 saturated carbocycles. The molecule has 0 spiro atoms. The number of ether oxygens (including phenoxy) is 6. The summed E-state index contributed by atoms with van der Waals surface area (Å²) in [5.74, 6) is -3.25. The summed E-state index contributed by atoms with van der Waals surface area (Å²) >= 11 is 5.92. The lowest BCUT2D eigenvalue weighted by atomic mass is 9.96. The Labute approximate surface area is 212 Å². The van der Waals surface area contributed by atoms with E-state index in [0.29, 0.717) is 16.3 Å². The fraction of sp³-hybridized carbons (Fsp3) is 0.522. The second-order valence-electron chi connectivity index (χ2n) is 7.91. The summed E-state index contributed by atoms with van der Waals surface area (Å²) in [7, 11) is 0. The van der Waals surface area contributed by atoms with Gasteiger partial charge in [-0.1, -0.05) is 11.6 Å². The quantitative estimate of drug-likeness (QED) is 0.363. The van der Waals surface area contributed by atoms with Crippen molar-refractivity contribution >= 4 is 41.4 Å². The van der Waals surface area contributed by atoms with Gasteiger partial charge in [0.1, 0.15) is 24.5 Å². The number of aryl methyl sites for hydroxylation is 1. The van der Waals surface area contributed by atoms with Crippen LogP contribution in [0.2, 0.25) is 5.02 Å². The van der Waals surface area contributed by atoms with Crippen molar-refractivity contribution in [2.24, 2.45) is 0 Å². The van der Waals surface area contributed by atoms with Gasteiger partial charge in [0.25, 0.3) is 0 Å². The number of carbonyl (C=O) groups is 5. The molecule has 0 bridgehead atoms. The van der Waals surface area contributed by atoms with Crippen molar-refractivity contribution in [2.75, 3.05) is 13.2 Å². The van der Waals surface area contributed by atoms with Crippen LogP contribution in [0.4, 0.5) is 0 Å². The molecule has 1 amide bonds. The number of nitrogens with one attached hydrogen (secondary N) is 1. The highest BCUT2D eigenvalue weighted by Gasteiger charge is 2.52. The van der Waals surface area contributed by atoms with Crippen LogP contribution in [-0.2, 0) is 47.7 Å². The molecule has 1 aromatic rings. The molecule has 2 rings (SSSR count). The predicted molar refractivity (Wildman–Crippen MR) is 122 cm³/mol. The molecular weight excluding hydrogens is 502 g/mol. The molecule has 1 N–H and O–H groups in total. The molecule has 1 aliphatic heterocycles. The molecule has 1 aliphatic rings. The second-order valence-corrected chi connectivity index (χ2v) is 8.34. The first kappa shape index (κ1) is 28.9. The van der Waals surface area contributed by atoms with E-state index in [9.17, 15) is 24.0 Å². The number of benzene rings is 1. The molecule has 1 aromatic carbocycles. The first-order valence-electron chi connectivity index (χ1n) is 10.9. The van der Waals surface area contributed by atoms with Gasteiger partial charge < -0.3 is 33.7 Å². The molecule has 1 saturated heterocycles. The summed E-state index contributed by atoms with van der Waals surface area (Å²) in [4.78, 5) is 59.5. The van der Waals surface area contributed by atoms with Crippen LogP contribution in [-0.4, -0.2) is 73.6 Å². The molecule has 13 heteroatoms. The summed E-state index contributed by atoms with van der Waals surface area (Å²) in [6.07, 6.45) is -5.37. The normalized spacial score (nSPS) is 23.1. The topological polar surface area (TPSA) is 153 Å². The van der Waals surface area contributed by atoms with Gasteiger partial charge in [0.2, 0.25) is 12.2 Å². The first-order valence-corrected chi connectivity index (χ1v) is 11.2. The second kappa shape index (κ2) is 13.1. The van der Waals surface area contributed by atoms with E-state index in [1.807, 2.05) is 0 Å². The average Bonchev–Trinajstić information content (AvgIpc) is 2.75. The highest BCUT2D eigenvalue weighted by Crippen LogP contribution is 2.28. The Morgan fingerprint density at radius 3 is 2.14 bits per heavy atom. The molecular formula is C23H28ClNO11. The highest BCUT2D eigenvalue weighted by molar-refractivity contribution is 6.30. The van der Waals surface area contributed by atoms with Crippen LogP contribution >= 0.6 is 11.6 Å². The van der Waals surface area contributed by atoms with Crippen molar-refractivity contribution in [2.45, 2.75) is 65.3 Å². The molecule has 1 heterocycles. The maximum atomic E-state index is 12.6. The molecule has 12 nitrogen and oxygen atoms in total. The molecule has 36 heavy (non-hydrogen) atoms. The van der Waals surface area contributed by atoms with E-state index in [4.69, 9.17) is 40.0 Å². The van der Waals surface area contributed by atoms with Crippen molar-refractivity contribution in [1.29, 1.82) is 0 Å². The number of carbonyl (C=O) groups excluding carboxylic acids is 5. The van der Waals surface area contributed by atoms with Gasteiger partial charge in [-0.25, -0.2) is 4.79 Å². The summed E-state index contributed by atoms with van der Waals surface area (Å²) in [6.45, 7) is 5.34. The summed E-state index contributed by atoms with van der Waals surface area (Å²) in [6, 6.07) is 3.55. The van der Waals surface area contributed by atoms with Gasteiger partial charge >= 0.3 is 23.9 Å². The van der Waals surface area contributed by atoms with Gasteiger partial charge in [-0.3, -0.25) is 19.2 Å². The fourth-order valence-electron chi connectivity index (χ4n) is 3.47. The number of esters is 4. The minimum absolute atomic E-state index is 0.389. The number of hydrogen-bond donors (Lipinski definition) is 1. The number of halogens is 1. The van der Waals surface area contributed by atoms with E-state index in [-0.39, 0.29) is 0 Å². The third kappa shape index (κ3) is 8.68. The van der Waals surface area contributed by atoms with Gasteiger partial charge in [0, 0.05) is 32.7 Å². The van der Waals surface area contributed by atoms with E-state index in [1.165, 1.54) is 6.92 Å². The number of amides is 1. The third-order valence-corrected chi connectivity index (χ3v) is 5.04. The minimum atomic E-state index is -1.52. The van der Waals surface area contributed by atoms with Crippen molar-refractivity contribution in [1.82, 2.24) is 5.32 Å². The zero-order valence-corrected chi connectivity index (χ0v) is 21.2. The van der Waals surface area contributed by atoms with Gasteiger partial charge in [0.15, 0.2) is 18.8 Å². The average molecular weight is 530 g/mol. The van der Waals surface area contributed by atoms with Crippen LogP contribution < -0.4 is 10.1 Å². The molecule has 198 valence electrons. The van der Waals surface area contributed by atoms with Crippen LogP contribution in [0.3, 0.4) is 0 Å². The SMILES string of the molecule is CC(=O)NC1C(OC(=O)COc2ccc(Cl)cc2C)OC(COC(C)=O)C(OC(C)=O)C1OC(C)=O. The van der Waals surface area contributed by atoms with E-state index in [2.05, 4.69) is 5.32 Å². The predicted octanol–water partition coefficient (Wildman–Crippen LogP) is 1.23. The monoisotopic (exact) mass is 529 g/mol. The Morgan fingerprint density at radius 2 is 1.58 bits per heavy atom. The molecule has 5 atom stereocenters. The van der Waals surface area contributed by atoms with Crippen LogP contribution in [0.5, 0.6) is 5.75 Å². The van der Waals surface area contributed by atoms with Crippen LogP contribution in [0.25, 0.3) is 0 Å². The lowest BCUT2D eigenvalue weighted by Crippen LogP contribution is -2.66. The van der Waals surface area contributed by atoms with Crippen molar-refractivity contribution in [3.63, 3.8) is 0 Å². The zero-order chi connectivity index (χ0) is 27.0. The maximum Gasteiger partial charge on any atom is 0.346 e. The zero-order valence-electron chi connectivity index (χ0n) is 20.4. The van der Waals surface area contributed by atoms with Crippen LogP contribution in [0.1, 0.15) is 33.3 Å². The van der Waals surface area contributed by atoms with E-state index in [0.717, 1.165) is 20.8 Å². The smallest absolute Gasteiger partial charge is 0.346 e. The molecule has 0 aromatic heterocycles. The van der Waals surface area contributed by atoms with E-state index in [1.54, 1.807) is 25.1 Å². The Bertz CT molecular complexity index is 998. The van der Waals surface area contributed by atoms with Crippen molar-refractivity contribution in [3.8, 4) is 5.75 Å². The molecule has 1 fully saturated rings. The van der Waals surface area contributed by atoms with Gasteiger partial charge in [-0.2, -0.15) is 0 Å². The molecule has 0 aliphatic carbocycles. The maximum absolute atomic E-state index is 12.6. The first-order chi connectivity index (χ1) is 16.9. The minimum Gasteiger partial charge on any atom is -0.482 e. The van der Waals surface area contributed by atoms with Gasteiger partial charge in [-0.15, -0.1) is 0 Å². The summed E-state index contributed by atoms with van der Waals surface area (Å²) in [5.41, 5.74) is 0.681. The van der Waals surface area contributed by atoms with E-state index < -0.39 is 73.6 Å². The number of hydrogen-bond acceptors (Lipinski definition) is 11. The summed E-state index contributed by atoms with van der Waals surface area (Å²) in [5, 5.41) is 2.99. The lowest BCUT2D eigenvalue weighted by Gasteiger charge is -2.44. The van der Waals surface area contributed by atoms with Crippen molar-refractivity contribution in [3.05, 3.63) is 28.8 Å². The van der Waals surface area contributed by atoms with Crippen LogP contribution in [0, 0.1) is 6.92 Å². The Hall–Kier alpha value is -3.38. The lowest BCUT2D eigenvalue weighted by molar-refractivity contribution is -0.272. The van der Waals surface area contributed by atoms with Crippen LogP contribution in [0.15, 0.2) is 18.2 Å². The Morgan fingerprint density at radius 1 is 0.944 bits per heavy atom. The van der Waals surface area contributed by atoms with Crippen molar-refractivity contribution < 1.29 is 52.4 Å². The molecule has 0 radical (unpaired) electrons. The highest BCUT2D eigenvalue weighted by atomic mass is 35.5.